The van der Waals surface area contributed by atoms with Crippen molar-refractivity contribution in [2.24, 2.45) is 0 Å². The molecule has 0 rings (SSSR count). The first-order chi connectivity index (χ1) is 4.93. The smallest absolute Gasteiger partial charge is 0.379 e. The van der Waals surface area contributed by atoms with Gasteiger partial charge in [-0.1, -0.05) is 13.0 Å². The molecule has 1 N–H and O–H groups in total. The second kappa shape index (κ2) is 3.76. The summed E-state index contributed by atoms with van der Waals surface area (Å²) >= 11 is 0. The first-order valence-electron chi connectivity index (χ1n) is 3.33. The van der Waals surface area contributed by atoms with E-state index in [0.717, 1.165) is 0 Å². The summed E-state index contributed by atoms with van der Waals surface area (Å²) in [6.45, 7) is 3.05. The predicted octanol–water partition coefficient (Wildman–Crippen LogP) is 2.27. The molecular formula is C7H11F3O. The van der Waals surface area contributed by atoms with Gasteiger partial charge in [0.05, 0.1) is 0 Å². The van der Waals surface area contributed by atoms with Crippen LogP contribution in [0.2, 0.25) is 0 Å². The second-order valence-electron chi connectivity index (χ2n) is 2.16. The molecule has 0 bridgehead atoms. The summed E-state index contributed by atoms with van der Waals surface area (Å²) < 4.78 is 35.3. The Bertz CT molecular complexity index is 148. The number of hydrogen-bond donors (Lipinski definition) is 1. The molecule has 4 heteroatoms. The van der Waals surface area contributed by atoms with E-state index < -0.39 is 12.3 Å². The van der Waals surface area contributed by atoms with Crippen LogP contribution in [0.5, 0.6) is 0 Å². The van der Waals surface area contributed by atoms with E-state index >= 15 is 0 Å². The van der Waals surface area contributed by atoms with E-state index in [2.05, 4.69) is 0 Å². The number of aliphatic hydroxyl groups is 1. The largest absolute Gasteiger partial charge is 0.418 e. The minimum absolute atomic E-state index is 0.0116. The van der Waals surface area contributed by atoms with Crippen LogP contribution in [0.15, 0.2) is 11.6 Å². The Kier molecular flexibility index (Phi) is 3.58. The van der Waals surface area contributed by atoms with Crippen LogP contribution >= 0.6 is 0 Å². The molecule has 1 unspecified atom stereocenters. The van der Waals surface area contributed by atoms with Gasteiger partial charge in [0.2, 0.25) is 0 Å². The fraction of sp³-hybridized carbons (Fsp3) is 0.714. The molecule has 0 heterocycles. The fourth-order valence-electron chi connectivity index (χ4n) is 0.766. The van der Waals surface area contributed by atoms with Crippen molar-refractivity contribution in [2.75, 3.05) is 0 Å². The summed E-state index contributed by atoms with van der Waals surface area (Å²) in [6.07, 6.45) is -5.31. The fourth-order valence-corrected chi connectivity index (χ4v) is 0.766. The molecule has 0 fully saturated rings. The van der Waals surface area contributed by atoms with Crippen LogP contribution in [0.3, 0.4) is 0 Å². The Morgan fingerprint density at radius 2 is 2.00 bits per heavy atom. The molecule has 1 nitrogen and oxygen atoms in total. The summed E-state index contributed by atoms with van der Waals surface area (Å²) in [4.78, 5) is 0. The predicted molar refractivity (Wildman–Crippen MR) is 36.1 cm³/mol. The molecule has 0 aliphatic carbocycles. The van der Waals surface area contributed by atoms with Crippen molar-refractivity contribution in [3.8, 4) is 0 Å². The van der Waals surface area contributed by atoms with Crippen LogP contribution in [0.25, 0.3) is 0 Å². The first kappa shape index (κ1) is 10.5. The monoisotopic (exact) mass is 168 g/mol. The molecular weight excluding hydrogens is 157 g/mol. The van der Waals surface area contributed by atoms with Crippen molar-refractivity contribution in [1.29, 1.82) is 0 Å². The Balaban J connectivity index is 4.34. The lowest BCUT2D eigenvalue weighted by Crippen LogP contribution is -2.30. The standard InChI is InChI=1S/C7H11F3O/c1-3-5(4-2)6(11)7(8,9)10/h3,6,11H,4H2,1-2H3. The Hall–Kier alpha value is -0.510. The Morgan fingerprint density at radius 3 is 2.09 bits per heavy atom. The van der Waals surface area contributed by atoms with Gasteiger partial charge in [-0.05, 0) is 18.9 Å². The third-order valence-electron chi connectivity index (χ3n) is 1.44. The quantitative estimate of drug-likeness (QED) is 0.627. The maximum absolute atomic E-state index is 11.8. The summed E-state index contributed by atoms with van der Waals surface area (Å²) in [6, 6.07) is 0. The first-order valence-corrected chi connectivity index (χ1v) is 3.33. The molecule has 0 radical (unpaired) electrons. The van der Waals surface area contributed by atoms with Crippen LogP contribution in [0.1, 0.15) is 20.3 Å². The minimum Gasteiger partial charge on any atom is -0.379 e. The molecule has 0 spiro atoms. The van der Waals surface area contributed by atoms with Gasteiger partial charge < -0.3 is 5.11 Å². The van der Waals surface area contributed by atoms with Crippen molar-refractivity contribution in [2.45, 2.75) is 32.5 Å². The highest BCUT2D eigenvalue weighted by atomic mass is 19.4. The van der Waals surface area contributed by atoms with Crippen LogP contribution in [0, 0.1) is 0 Å². The number of aliphatic hydroxyl groups excluding tert-OH is 1. The van der Waals surface area contributed by atoms with E-state index in [-0.39, 0.29) is 12.0 Å². The zero-order valence-electron chi connectivity index (χ0n) is 6.44. The van der Waals surface area contributed by atoms with Gasteiger partial charge in [-0.15, -0.1) is 0 Å². The molecule has 0 aromatic rings. The molecule has 66 valence electrons. The average Bonchev–Trinajstić information content (AvgIpc) is 1.88. The van der Waals surface area contributed by atoms with Gasteiger partial charge in [0.15, 0.2) is 6.10 Å². The summed E-state index contributed by atoms with van der Waals surface area (Å²) in [5.41, 5.74) is 0.0116. The van der Waals surface area contributed by atoms with Gasteiger partial charge in [-0.3, -0.25) is 0 Å². The van der Waals surface area contributed by atoms with E-state index in [1.807, 2.05) is 0 Å². The van der Waals surface area contributed by atoms with Gasteiger partial charge in [0, 0.05) is 0 Å². The molecule has 0 aromatic heterocycles. The van der Waals surface area contributed by atoms with Crippen molar-refractivity contribution < 1.29 is 18.3 Å². The van der Waals surface area contributed by atoms with Gasteiger partial charge in [-0.2, -0.15) is 13.2 Å². The van der Waals surface area contributed by atoms with Crippen molar-refractivity contribution in [3.05, 3.63) is 11.6 Å². The van der Waals surface area contributed by atoms with Crippen molar-refractivity contribution in [1.82, 2.24) is 0 Å². The van der Waals surface area contributed by atoms with Crippen LogP contribution in [-0.2, 0) is 0 Å². The number of hydrogen-bond acceptors (Lipinski definition) is 1. The maximum atomic E-state index is 11.8. The molecule has 0 amide bonds. The SMILES string of the molecule is CC=C(CC)C(O)C(F)(F)F. The highest BCUT2D eigenvalue weighted by molar-refractivity contribution is 5.08. The third kappa shape index (κ3) is 2.93. The normalized spacial score (nSPS) is 16.7. The molecule has 1 atom stereocenters. The van der Waals surface area contributed by atoms with Gasteiger partial charge in [0.25, 0.3) is 0 Å². The van der Waals surface area contributed by atoms with E-state index in [1.54, 1.807) is 6.92 Å². The lowest BCUT2D eigenvalue weighted by Gasteiger charge is -2.16. The zero-order valence-corrected chi connectivity index (χ0v) is 6.44. The second-order valence-corrected chi connectivity index (χ2v) is 2.16. The van der Waals surface area contributed by atoms with Crippen molar-refractivity contribution >= 4 is 0 Å². The van der Waals surface area contributed by atoms with Crippen molar-refractivity contribution in [3.63, 3.8) is 0 Å². The van der Waals surface area contributed by atoms with Gasteiger partial charge in [-0.25, -0.2) is 0 Å². The summed E-state index contributed by atoms with van der Waals surface area (Å²) in [7, 11) is 0. The molecule has 11 heavy (non-hydrogen) atoms. The lowest BCUT2D eigenvalue weighted by atomic mass is 10.1. The molecule has 0 aliphatic rings. The average molecular weight is 168 g/mol. The number of rotatable bonds is 2. The summed E-state index contributed by atoms with van der Waals surface area (Å²) in [5.74, 6) is 0. The lowest BCUT2D eigenvalue weighted by molar-refractivity contribution is -0.191. The minimum atomic E-state index is -4.53. The number of alkyl halides is 3. The Morgan fingerprint density at radius 1 is 1.55 bits per heavy atom. The van der Waals surface area contributed by atoms with E-state index in [4.69, 9.17) is 5.11 Å². The zero-order chi connectivity index (χ0) is 9.07. The molecule has 0 saturated carbocycles. The highest BCUT2D eigenvalue weighted by Crippen LogP contribution is 2.26. The molecule has 0 saturated heterocycles. The summed E-state index contributed by atoms with van der Waals surface area (Å²) in [5, 5.41) is 8.65. The number of allylic oxidation sites excluding steroid dienone is 1. The third-order valence-corrected chi connectivity index (χ3v) is 1.44. The van der Waals surface area contributed by atoms with Crippen LogP contribution in [-0.4, -0.2) is 17.4 Å². The highest BCUT2D eigenvalue weighted by Gasteiger charge is 2.39. The topological polar surface area (TPSA) is 20.2 Å². The number of halogens is 3. The maximum Gasteiger partial charge on any atom is 0.418 e. The van der Waals surface area contributed by atoms with Crippen LogP contribution < -0.4 is 0 Å². The Labute approximate surface area is 63.5 Å². The van der Waals surface area contributed by atoms with E-state index in [0.29, 0.717) is 0 Å². The van der Waals surface area contributed by atoms with Gasteiger partial charge in [0.1, 0.15) is 0 Å². The molecule has 0 aromatic carbocycles. The molecule has 0 aliphatic heterocycles. The van der Waals surface area contributed by atoms with Gasteiger partial charge >= 0.3 is 6.18 Å². The van der Waals surface area contributed by atoms with E-state index in [1.165, 1.54) is 13.0 Å². The van der Waals surface area contributed by atoms with E-state index in [9.17, 15) is 13.2 Å². The van der Waals surface area contributed by atoms with Crippen LogP contribution in [0.4, 0.5) is 13.2 Å².